The summed E-state index contributed by atoms with van der Waals surface area (Å²) in [5, 5.41) is 18.9. The van der Waals surface area contributed by atoms with Crippen LogP contribution >= 0.6 is 0 Å². The lowest BCUT2D eigenvalue weighted by Gasteiger charge is -2.05. The Kier molecular flexibility index (Phi) is 2.95. The van der Waals surface area contributed by atoms with Crippen LogP contribution in [0.3, 0.4) is 0 Å². The number of halogens is 2. The van der Waals surface area contributed by atoms with Gasteiger partial charge >= 0.3 is 5.69 Å². The van der Waals surface area contributed by atoms with Crippen LogP contribution in [0, 0.1) is 33.1 Å². The molecule has 0 aliphatic rings. The van der Waals surface area contributed by atoms with Crippen LogP contribution < -0.4 is 0 Å². The Balaban J connectivity index is 3.44. The van der Waals surface area contributed by atoms with Crippen molar-refractivity contribution in [1.82, 2.24) is 0 Å². The molecule has 4 nitrogen and oxygen atoms in total. The molecule has 0 N–H and O–H groups in total. The molecule has 0 bridgehead atoms. The van der Waals surface area contributed by atoms with Gasteiger partial charge in [0, 0.05) is 11.6 Å². The summed E-state index contributed by atoms with van der Waals surface area (Å²) in [7, 11) is 0. The molecule has 0 aliphatic carbocycles. The predicted octanol–water partition coefficient (Wildman–Crippen LogP) is 2.50. The Hall–Kier alpha value is -2.03. The summed E-state index contributed by atoms with van der Waals surface area (Å²) in [6.45, 7) is 1.27. The van der Waals surface area contributed by atoms with Crippen LogP contribution in [0.15, 0.2) is 12.1 Å². The fraction of sp³-hybridized carbons (Fsp3) is 0.222. The first kappa shape index (κ1) is 11.0. The fourth-order valence-corrected chi connectivity index (χ4v) is 1.16. The highest BCUT2D eigenvalue weighted by molar-refractivity contribution is 5.40. The number of nitriles is 1. The van der Waals surface area contributed by atoms with Gasteiger partial charge in [-0.2, -0.15) is 9.65 Å². The minimum absolute atomic E-state index is 0.563. The van der Waals surface area contributed by atoms with Crippen molar-refractivity contribution in [1.29, 1.82) is 5.26 Å². The van der Waals surface area contributed by atoms with Crippen molar-refractivity contribution in [3.63, 3.8) is 0 Å². The highest BCUT2D eigenvalue weighted by atomic mass is 19.1. The largest absolute Gasteiger partial charge is 0.305 e. The van der Waals surface area contributed by atoms with Crippen molar-refractivity contribution >= 4 is 5.69 Å². The second-order valence-electron chi connectivity index (χ2n) is 2.90. The Morgan fingerprint density at radius 2 is 2.13 bits per heavy atom. The normalized spacial score (nSPS) is 11.9. The second kappa shape index (κ2) is 4.00. The lowest BCUT2D eigenvalue weighted by atomic mass is 10.0. The van der Waals surface area contributed by atoms with Gasteiger partial charge in [0.25, 0.3) is 0 Å². The summed E-state index contributed by atoms with van der Waals surface area (Å²) in [6, 6.07) is 3.14. The van der Waals surface area contributed by atoms with Crippen molar-refractivity contribution in [2.75, 3.05) is 0 Å². The molecule has 0 saturated heterocycles. The molecule has 1 atom stereocenters. The quantitative estimate of drug-likeness (QED) is 0.558. The van der Waals surface area contributed by atoms with E-state index in [0.717, 1.165) is 12.1 Å². The van der Waals surface area contributed by atoms with Gasteiger partial charge in [0.15, 0.2) is 0 Å². The van der Waals surface area contributed by atoms with E-state index < -0.39 is 33.7 Å². The zero-order valence-electron chi connectivity index (χ0n) is 7.70. The molecule has 1 rings (SSSR count). The standard InChI is InChI=1S/C9H6F2N2O2/c1-5(4-12)8-6(10)2-3-7(9(8)11)13(14)15/h2-3,5H,1H3. The molecule has 0 fully saturated rings. The molecule has 0 amide bonds. The molecule has 78 valence electrons. The van der Waals surface area contributed by atoms with E-state index in [-0.39, 0.29) is 0 Å². The van der Waals surface area contributed by atoms with E-state index >= 15 is 0 Å². The maximum Gasteiger partial charge on any atom is 0.305 e. The van der Waals surface area contributed by atoms with Gasteiger partial charge in [-0.05, 0) is 13.0 Å². The number of rotatable bonds is 2. The molecular formula is C9H6F2N2O2. The first-order chi connectivity index (χ1) is 6.99. The van der Waals surface area contributed by atoms with Crippen LogP contribution in [0.4, 0.5) is 14.5 Å². The Morgan fingerprint density at radius 3 is 2.60 bits per heavy atom. The number of benzene rings is 1. The van der Waals surface area contributed by atoms with Crippen molar-refractivity contribution < 1.29 is 13.7 Å². The summed E-state index contributed by atoms with van der Waals surface area (Å²) >= 11 is 0. The smallest absolute Gasteiger partial charge is 0.258 e. The van der Waals surface area contributed by atoms with Crippen LogP contribution in [0.5, 0.6) is 0 Å². The van der Waals surface area contributed by atoms with Gasteiger partial charge in [-0.25, -0.2) is 4.39 Å². The second-order valence-corrected chi connectivity index (χ2v) is 2.90. The minimum Gasteiger partial charge on any atom is -0.258 e. The van der Waals surface area contributed by atoms with E-state index in [0.29, 0.717) is 0 Å². The van der Waals surface area contributed by atoms with Crippen molar-refractivity contribution in [2.24, 2.45) is 0 Å². The van der Waals surface area contributed by atoms with E-state index in [9.17, 15) is 18.9 Å². The van der Waals surface area contributed by atoms with Gasteiger partial charge in [0.1, 0.15) is 5.82 Å². The minimum atomic E-state index is -1.28. The maximum absolute atomic E-state index is 13.4. The number of nitro groups is 1. The van der Waals surface area contributed by atoms with Crippen LogP contribution in [0.1, 0.15) is 18.4 Å². The molecule has 1 unspecified atom stereocenters. The van der Waals surface area contributed by atoms with Crippen molar-refractivity contribution in [2.45, 2.75) is 12.8 Å². The van der Waals surface area contributed by atoms with Gasteiger partial charge in [0.2, 0.25) is 5.82 Å². The third-order valence-corrected chi connectivity index (χ3v) is 1.93. The Morgan fingerprint density at radius 1 is 1.53 bits per heavy atom. The van der Waals surface area contributed by atoms with E-state index in [2.05, 4.69) is 0 Å². The molecular weight excluding hydrogens is 206 g/mol. The topological polar surface area (TPSA) is 66.9 Å². The fourth-order valence-electron chi connectivity index (χ4n) is 1.16. The first-order valence-electron chi connectivity index (χ1n) is 4.01. The molecule has 6 heteroatoms. The zero-order chi connectivity index (χ0) is 11.6. The number of hydrogen-bond acceptors (Lipinski definition) is 3. The van der Waals surface area contributed by atoms with Crippen LogP contribution in [-0.2, 0) is 0 Å². The first-order valence-corrected chi connectivity index (χ1v) is 4.01. The summed E-state index contributed by atoms with van der Waals surface area (Å²) < 4.78 is 26.5. The van der Waals surface area contributed by atoms with Crippen LogP contribution in [0.25, 0.3) is 0 Å². The molecule has 0 spiro atoms. The lowest BCUT2D eigenvalue weighted by Crippen LogP contribution is -2.03. The van der Waals surface area contributed by atoms with E-state index in [1.54, 1.807) is 6.07 Å². The molecule has 1 aromatic rings. The SMILES string of the molecule is CC(C#N)c1c(F)ccc([N+](=O)[O-])c1F. The van der Waals surface area contributed by atoms with E-state index in [1.807, 2.05) is 0 Å². The Labute approximate surface area is 83.9 Å². The maximum atomic E-state index is 13.4. The number of nitro benzene ring substituents is 1. The third kappa shape index (κ3) is 1.91. The molecule has 0 saturated carbocycles. The number of hydrogen-bond donors (Lipinski definition) is 0. The summed E-state index contributed by atoms with van der Waals surface area (Å²) in [4.78, 5) is 9.40. The highest BCUT2D eigenvalue weighted by Crippen LogP contribution is 2.28. The van der Waals surface area contributed by atoms with E-state index in [4.69, 9.17) is 5.26 Å². The summed E-state index contributed by atoms with van der Waals surface area (Å²) in [6.07, 6.45) is 0. The Bertz CT molecular complexity index is 454. The zero-order valence-corrected chi connectivity index (χ0v) is 7.70. The van der Waals surface area contributed by atoms with Crippen molar-refractivity contribution in [3.05, 3.63) is 39.4 Å². The van der Waals surface area contributed by atoms with E-state index in [1.165, 1.54) is 6.92 Å². The molecule has 0 aromatic heterocycles. The van der Waals surface area contributed by atoms with Gasteiger partial charge in [-0.3, -0.25) is 10.1 Å². The third-order valence-electron chi connectivity index (χ3n) is 1.93. The van der Waals surface area contributed by atoms with Crippen molar-refractivity contribution in [3.8, 4) is 6.07 Å². The lowest BCUT2D eigenvalue weighted by molar-refractivity contribution is -0.387. The summed E-state index contributed by atoms with van der Waals surface area (Å²) in [5.74, 6) is -3.30. The predicted molar refractivity (Wildman–Crippen MR) is 47.0 cm³/mol. The summed E-state index contributed by atoms with van der Waals surface area (Å²) in [5.41, 5.74) is -1.39. The monoisotopic (exact) mass is 212 g/mol. The number of nitrogens with zero attached hydrogens (tertiary/aromatic N) is 2. The van der Waals surface area contributed by atoms with Crippen LogP contribution in [-0.4, -0.2) is 4.92 Å². The van der Waals surface area contributed by atoms with Gasteiger partial charge in [0.05, 0.1) is 16.9 Å². The van der Waals surface area contributed by atoms with Gasteiger partial charge in [-0.15, -0.1) is 0 Å². The van der Waals surface area contributed by atoms with Crippen LogP contribution in [0.2, 0.25) is 0 Å². The van der Waals surface area contributed by atoms with Gasteiger partial charge < -0.3 is 0 Å². The molecule has 0 heterocycles. The molecule has 0 aliphatic heterocycles. The average Bonchev–Trinajstić information content (AvgIpc) is 2.16. The highest BCUT2D eigenvalue weighted by Gasteiger charge is 2.24. The molecule has 15 heavy (non-hydrogen) atoms. The average molecular weight is 212 g/mol. The van der Waals surface area contributed by atoms with Gasteiger partial charge in [-0.1, -0.05) is 0 Å². The molecule has 1 aromatic carbocycles. The molecule has 0 radical (unpaired) electrons.